The standard InChI is InChI=1S/C16H10ClFN2O3/c17-14-7-13(5-4-11(14)8-19)20-15(21)16(22)23-9-10-2-1-3-12(18)6-10/h1-7H,9H2,(H,20,21). The van der Waals surface area contributed by atoms with Gasteiger partial charge >= 0.3 is 11.9 Å². The van der Waals surface area contributed by atoms with Gasteiger partial charge in [0.1, 0.15) is 18.5 Å². The number of rotatable bonds is 3. The summed E-state index contributed by atoms with van der Waals surface area (Å²) < 4.78 is 17.8. The van der Waals surface area contributed by atoms with E-state index in [0.29, 0.717) is 5.56 Å². The number of carbonyl (C=O) groups excluding carboxylic acids is 2. The highest BCUT2D eigenvalue weighted by molar-refractivity contribution is 6.37. The summed E-state index contributed by atoms with van der Waals surface area (Å²) in [6.45, 7) is -0.224. The Bertz CT molecular complexity index is 802. The first-order chi connectivity index (χ1) is 11.0. The van der Waals surface area contributed by atoms with E-state index >= 15 is 0 Å². The molecule has 5 nitrogen and oxygen atoms in total. The predicted molar refractivity (Wildman–Crippen MR) is 81.0 cm³/mol. The number of amides is 1. The quantitative estimate of drug-likeness (QED) is 0.692. The molecule has 0 aliphatic carbocycles. The molecule has 0 heterocycles. The number of nitrogens with zero attached hydrogens (tertiary/aromatic N) is 1. The summed E-state index contributed by atoms with van der Waals surface area (Å²) >= 11 is 5.82. The van der Waals surface area contributed by atoms with Gasteiger partial charge in [-0.2, -0.15) is 5.26 Å². The minimum Gasteiger partial charge on any atom is -0.454 e. The zero-order valence-corrected chi connectivity index (χ0v) is 12.4. The molecule has 0 aliphatic rings. The van der Waals surface area contributed by atoms with Crippen molar-refractivity contribution in [2.75, 3.05) is 5.32 Å². The van der Waals surface area contributed by atoms with E-state index in [1.165, 1.54) is 36.4 Å². The first-order valence-electron chi connectivity index (χ1n) is 6.42. The topological polar surface area (TPSA) is 79.2 Å². The summed E-state index contributed by atoms with van der Waals surface area (Å²) in [6, 6.07) is 11.6. The van der Waals surface area contributed by atoms with Crippen molar-refractivity contribution in [3.05, 3.63) is 64.4 Å². The Kier molecular flexibility index (Phi) is 5.28. The van der Waals surface area contributed by atoms with Crippen LogP contribution in [0.15, 0.2) is 42.5 Å². The van der Waals surface area contributed by atoms with E-state index in [0.717, 1.165) is 0 Å². The van der Waals surface area contributed by atoms with Gasteiger partial charge < -0.3 is 10.1 Å². The van der Waals surface area contributed by atoms with E-state index in [1.807, 2.05) is 6.07 Å². The Balaban J connectivity index is 1.94. The smallest absolute Gasteiger partial charge is 0.397 e. The fourth-order valence-electron chi connectivity index (χ4n) is 1.71. The molecule has 0 bridgehead atoms. The number of esters is 1. The van der Waals surface area contributed by atoms with Crippen molar-refractivity contribution in [1.29, 1.82) is 5.26 Å². The highest BCUT2D eigenvalue weighted by Gasteiger charge is 2.16. The summed E-state index contributed by atoms with van der Waals surface area (Å²) in [6.07, 6.45) is 0. The molecule has 0 saturated heterocycles. The van der Waals surface area contributed by atoms with Gasteiger partial charge in [0.15, 0.2) is 0 Å². The van der Waals surface area contributed by atoms with E-state index in [2.05, 4.69) is 5.32 Å². The minimum atomic E-state index is -1.12. The number of benzene rings is 2. The van der Waals surface area contributed by atoms with Crippen molar-refractivity contribution in [3.8, 4) is 6.07 Å². The van der Waals surface area contributed by atoms with Gasteiger partial charge in [-0.15, -0.1) is 0 Å². The lowest BCUT2D eigenvalue weighted by Crippen LogP contribution is -2.25. The molecule has 0 fully saturated rings. The molecule has 0 aliphatic heterocycles. The van der Waals surface area contributed by atoms with Crippen LogP contribution in [0, 0.1) is 17.1 Å². The molecule has 0 aromatic heterocycles. The van der Waals surface area contributed by atoms with Crippen LogP contribution in [0.5, 0.6) is 0 Å². The molecule has 0 spiro atoms. The number of hydrogen-bond acceptors (Lipinski definition) is 4. The maximum absolute atomic E-state index is 13.0. The normalized spacial score (nSPS) is 9.78. The van der Waals surface area contributed by atoms with E-state index in [1.54, 1.807) is 6.07 Å². The average Bonchev–Trinajstić information content (AvgIpc) is 2.53. The van der Waals surface area contributed by atoms with Crippen molar-refractivity contribution >= 4 is 29.2 Å². The van der Waals surface area contributed by atoms with E-state index < -0.39 is 17.7 Å². The number of nitriles is 1. The zero-order valence-electron chi connectivity index (χ0n) is 11.7. The second kappa shape index (κ2) is 7.38. The Morgan fingerprint density at radius 1 is 1.26 bits per heavy atom. The second-order valence-electron chi connectivity index (χ2n) is 4.47. The Morgan fingerprint density at radius 3 is 2.70 bits per heavy atom. The van der Waals surface area contributed by atoms with Crippen molar-refractivity contribution in [3.63, 3.8) is 0 Å². The predicted octanol–water partition coefficient (Wildman–Crippen LogP) is 3.03. The van der Waals surface area contributed by atoms with Crippen LogP contribution in [0.25, 0.3) is 0 Å². The monoisotopic (exact) mass is 332 g/mol. The number of halogens is 2. The van der Waals surface area contributed by atoms with Gasteiger partial charge in [-0.25, -0.2) is 9.18 Å². The first kappa shape index (κ1) is 16.5. The zero-order chi connectivity index (χ0) is 16.8. The van der Waals surface area contributed by atoms with Gasteiger partial charge in [0.2, 0.25) is 0 Å². The molecule has 116 valence electrons. The maximum atomic E-state index is 13.0. The van der Waals surface area contributed by atoms with Gasteiger partial charge in [-0.05, 0) is 35.9 Å². The Hall–Kier alpha value is -2.91. The molecule has 0 unspecified atom stereocenters. The number of nitrogens with one attached hydrogen (secondary N) is 1. The summed E-state index contributed by atoms with van der Waals surface area (Å²) in [5.41, 5.74) is 0.924. The van der Waals surface area contributed by atoms with Crippen molar-refractivity contribution in [2.45, 2.75) is 6.61 Å². The third-order valence-electron chi connectivity index (χ3n) is 2.79. The number of anilines is 1. The average molecular weight is 333 g/mol. The largest absolute Gasteiger partial charge is 0.454 e. The lowest BCUT2D eigenvalue weighted by atomic mass is 10.2. The van der Waals surface area contributed by atoms with E-state index in [-0.39, 0.29) is 22.9 Å². The third-order valence-corrected chi connectivity index (χ3v) is 3.10. The summed E-state index contributed by atoms with van der Waals surface area (Å²) in [5.74, 6) is -2.58. The van der Waals surface area contributed by atoms with Crippen LogP contribution in [-0.4, -0.2) is 11.9 Å². The summed E-state index contributed by atoms with van der Waals surface area (Å²) in [7, 11) is 0. The number of hydrogen-bond donors (Lipinski definition) is 1. The Morgan fingerprint density at radius 2 is 2.04 bits per heavy atom. The maximum Gasteiger partial charge on any atom is 0.397 e. The SMILES string of the molecule is N#Cc1ccc(NC(=O)C(=O)OCc2cccc(F)c2)cc1Cl. The third kappa shape index (κ3) is 4.53. The molecule has 0 atom stereocenters. The van der Waals surface area contributed by atoms with Gasteiger partial charge in [0, 0.05) is 5.69 Å². The van der Waals surface area contributed by atoms with Crippen LogP contribution in [0.4, 0.5) is 10.1 Å². The molecule has 2 aromatic carbocycles. The second-order valence-corrected chi connectivity index (χ2v) is 4.87. The molecule has 1 N–H and O–H groups in total. The van der Waals surface area contributed by atoms with Crippen LogP contribution in [-0.2, 0) is 20.9 Å². The molecular weight excluding hydrogens is 323 g/mol. The van der Waals surface area contributed by atoms with Crippen LogP contribution in [0.3, 0.4) is 0 Å². The molecule has 1 amide bonds. The van der Waals surface area contributed by atoms with Gasteiger partial charge in [-0.3, -0.25) is 4.79 Å². The summed E-state index contributed by atoms with van der Waals surface area (Å²) in [4.78, 5) is 23.3. The van der Waals surface area contributed by atoms with E-state index in [9.17, 15) is 14.0 Å². The first-order valence-corrected chi connectivity index (χ1v) is 6.79. The molecule has 2 rings (SSSR count). The van der Waals surface area contributed by atoms with Crippen molar-refractivity contribution in [1.82, 2.24) is 0 Å². The molecule has 2 aromatic rings. The number of carbonyl (C=O) groups is 2. The molecule has 0 radical (unpaired) electrons. The van der Waals surface area contributed by atoms with Crippen LogP contribution >= 0.6 is 11.6 Å². The summed E-state index contributed by atoms with van der Waals surface area (Å²) in [5, 5.41) is 11.2. The molecule has 7 heteroatoms. The minimum absolute atomic E-state index is 0.151. The Labute approximate surface area is 136 Å². The van der Waals surface area contributed by atoms with Gasteiger partial charge in [-0.1, -0.05) is 23.7 Å². The molecule has 23 heavy (non-hydrogen) atoms. The molecular formula is C16H10ClFN2O3. The lowest BCUT2D eigenvalue weighted by Gasteiger charge is -2.07. The fraction of sp³-hybridized carbons (Fsp3) is 0.0625. The van der Waals surface area contributed by atoms with Crippen molar-refractivity contribution < 1.29 is 18.7 Å². The van der Waals surface area contributed by atoms with Crippen LogP contribution in [0.1, 0.15) is 11.1 Å². The number of ether oxygens (including phenoxy) is 1. The van der Waals surface area contributed by atoms with Gasteiger partial charge in [0.05, 0.1) is 10.6 Å². The van der Waals surface area contributed by atoms with Crippen LogP contribution in [0.2, 0.25) is 5.02 Å². The highest BCUT2D eigenvalue weighted by atomic mass is 35.5. The fourth-order valence-corrected chi connectivity index (χ4v) is 1.93. The highest BCUT2D eigenvalue weighted by Crippen LogP contribution is 2.20. The lowest BCUT2D eigenvalue weighted by molar-refractivity contribution is -0.153. The van der Waals surface area contributed by atoms with E-state index in [4.69, 9.17) is 21.6 Å². The van der Waals surface area contributed by atoms with Gasteiger partial charge in [0.25, 0.3) is 0 Å². The van der Waals surface area contributed by atoms with Crippen LogP contribution < -0.4 is 5.32 Å². The van der Waals surface area contributed by atoms with Crippen molar-refractivity contribution in [2.24, 2.45) is 0 Å². The molecule has 0 saturated carbocycles.